The predicted octanol–water partition coefficient (Wildman–Crippen LogP) is 3.09. The van der Waals surface area contributed by atoms with Gasteiger partial charge in [-0.15, -0.1) is 5.10 Å². The fraction of sp³-hybridized carbons (Fsp3) is 0.550. The van der Waals surface area contributed by atoms with Crippen LogP contribution < -0.4 is 4.90 Å². The van der Waals surface area contributed by atoms with Crippen molar-refractivity contribution in [2.24, 2.45) is 0 Å². The van der Waals surface area contributed by atoms with Gasteiger partial charge in [0.1, 0.15) is 0 Å². The molecule has 0 aliphatic carbocycles. The second-order valence-electron chi connectivity index (χ2n) is 7.72. The molecule has 0 atom stereocenters. The summed E-state index contributed by atoms with van der Waals surface area (Å²) < 4.78 is 5.47. The second kappa shape index (κ2) is 7.48. The zero-order valence-corrected chi connectivity index (χ0v) is 16.2. The number of benzene rings is 1. The SMILES string of the molecule is Cc1ccc(C(C)(C)CCC(=O)N2CCN(c3nnc(C)o3)CC2)cc1. The molecular weight excluding hydrogens is 328 g/mol. The summed E-state index contributed by atoms with van der Waals surface area (Å²) in [5.41, 5.74) is 2.54. The average Bonchev–Trinajstić information content (AvgIpc) is 3.07. The molecule has 26 heavy (non-hydrogen) atoms. The van der Waals surface area contributed by atoms with Crippen LogP contribution in [0.4, 0.5) is 6.01 Å². The van der Waals surface area contributed by atoms with Crippen molar-refractivity contribution >= 4 is 11.9 Å². The minimum absolute atomic E-state index is 0.00747. The Bertz CT molecular complexity index is 743. The molecule has 0 unspecified atom stereocenters. The van der Waals surface area contributed by atoms with Crippen LogP contribution in [-0.4, -0.2) is 47.2 Å². The van der Waals surface area contributed by atoms with Crippen LogP contribution in [-0.2, 0) is 10.2 Å². The first-order valence-electron chi connectivity index (χ1n) is 9.25. The second-order valence-corrected chi connectivity index (χ2v) is 7.72. The van der Waals surface area contributed by atoms with Crippen LogP contribution in [0.3, 0.4) is 0 Å². The quantitative estimate of drug-likeness (QED) is 0.824. The third-order valence-corrected chi connectivity index (χ3v) is 5.22. The van der Waals surface area contributed by atoms with Gasteiger partial charge < -0.3 is 14.2 Å². The molecule has 2 heterocycles. The Labute approximate surface area is 155 Å². The Morgan fingerprint density at radius 3 is 2.31 bits per heavy atom. The first kappa shape index (κ1) is 18.4. The number of anilines is 1. The molecule has 1 aliphatic rings. The van der Waals surface area contributed by atoms with Crippen LogP contribution in [0, 0.1) is 13.8 Å². The van der Waals surface area contributed by atoms with Gasteiger partial charge in [-0.05, 0) is 24.3 Å². The van der Waals surface area contributed by atoms with Gasteiger partial charge in [0, 0.05) is 39.5 Å². The van der Waals surface area contributed by atoms with E-state index in [-0.39, 0.29) is 11.3 Å². The summed E-state index contributed by atoms with van der Waals surface area (Å²) in [5, 5.41) is 7.92. The lowest BCUT2D eigenvalue weighted by Crippen LogP contribution is -2.49. The van der Waals surface area contributed by atoms with E-state index >= 15 is 0 Å². The van der Waals surface area contributed by atoms with Gasteiger partial charge in [0.15, 0.2) is 0 Å². The molecule has 3 rings (SSSR count). The van der Waals surface area contributed by atoms with E-state index in [0.29, 0.717) is 31.4 Å². The summed E-state index contributed by atoms with van der Waals surface area (Å²) >= 11 is 0. The third kappa shape index (κ3) is 4.23. The third-order valence-electron chi connectivity index (χ3n) is 5.22. The maximum absolute atomic E-state index is 12.6. The molecule has 0 bridgehead atoms. The molecule has 0 saturated carbocycles. The monoisotopic (exact) mass is 356 g/mol. The van der Waals surface area contributed by atoms with Gasteiger partial charge in [-0.3, -0.25) is 4.79 Å². The van der Waals surface area contributed by atoms with E-state index in [0.717, 1.165) is 19.5 Å². The highest BCUT2D eigenvalue weighted by molar-refractivity contribution is 5.76. The number of aromatic nitrogens is 2. The molecule has 6 heteroatoms. The van der Waals surface area contributed by atoms with Gasteiger partial charge >= 0.3 is 6.01 Å². The van der Waals surface area contributed by atoms with E-state index < -0.39 is 0 Å². The zero-order chi connectivity index (χ0) is 18.7. The molecule has 1 saturated heterocycles. The van der Waals surface area contributed by atoms with Crippen molar-refractivity contribution in [2.75, 3.05) is 31.1 Å². The Hall–Kier alpha value is -2.37. The average molecular weight is 356 g/mol. The largest absolute Gasteiger partial charge is 0.408 e. The minimum Gasteiger partial charge on any atom is -0.408 e. The number of hydrogen-bond donors (Lipinski definition) is 0. The predicted molar refractivity (Wildman–Crippen MR) is 101 cm³/mol. The number of carbonyl (C=O) groups excluding carboxylic acids is 1. The number of piperazine rings is 1. The van der Waals surface area contributed by atoms with Gasteiger partial charge in [-0.1, -0.05) is 48.8 Å². The first-order valence-corrected chi connectivity index (χ1v) is 9.25. The summed E-state index contributed by atoms with van der Waals surface area (Å²) in [4.78, 5) is 16.6. The van der Waals surface area contributed by atoms with E-state index in [4.69, 9.17) is 4.42 Å². The smallest absolute Gasteiger partial charge is 0.318 e. The lowest BCUT2D eigenvalue weighted by molar-refractivity contribution is -0.131. The van der Waals surface area contributed by atoms with Gasteiger partial charge in [0.05, 0.1) is 0 Å². The van der Waals surface area contributed by atoms with Crippen LogP contribution in [0.5, 0.6) is 0 Å². The molecular formula is C20H28N4O2. The Morgan fingerprint density at radius 2 is 1.73 bits per heavy atom. The molecule has 6 nitrogen and oxygen atoms in total. The van der Waals surface area contributed by atoms with Crippen LogP contribution in [0.15, 0.2) is 28.7 Å². The van der Waals surface area contributed by atoms with Crippen molar-refractivity contribution in [3.05, 3.63) is 41.3 Å². The molecule has 140 valence electrons. The molecule has 2 aromatic rings. The summed E-state index contributed by atoms with van der Waals surface area (Å²) in [5.74, 6) is 0.795. The molecule has 1 amide bonds. The van der Waals surface area contributed by atoms with Crippen molar-refractivity contribution < 1.29 is 9.21 Å². The number of amides is 1. The van der Waals surface area contributed by atoms with Crippen molar-refractivity contribution in [1.82, 2.24) is 15.1 Å². The van der Waals surface area contributed by atoms with E-state index in [1.165, 1.54) is 11.1 Å². The van der Waals surface area contributed by atoms with Crippen molar-refractivity contribution in [3.8, 4) is 0 Å². The van der Waals surface area contributed by atoms with Crippen LogP contribution >= 0.6 is 0 Å². The number of carbonyl (C=O) groups is 1. The van der Waals surface area contributed by atoms with E-state index in [9.17, 15) is 4.79 Å². The molecule has 0 radical (unpaired) electrons. The van der Waals surface area contributed by atoms with Crippen molar-refractivity contribution in [3.63, 3.8) is 0 Å². The van der Waals surface area contributed by atoms with Crippen molar-refractivity contribution in [1.29, 1.82) is 0 Å². The summed E-state index contributed by atoms with van der Waals surface area (Å²) in [6.07, 6.45) is 1.42. The number of aryl methyl sites for hydroxylation is 2. The molecule has 0 N–H and O–H groups in total. The lowest BCUT2D eigenvalue weighted by atomic mass is 9.80. The molecule has 1 aromatic carbocycles. The summed E-state index contributed by atoms with van der Waals surface area (Å²) in [7, 11) is 0. The minimum atomic E-state index is -0.00747. The molecule has 0 spiro atoms. The maximum Gasteiger partial charge on any atom is 0.318 e. The lowest BCUT2D eigenvalue weighted by Gasteiger charge is -2.34. The number of nitrogens with zero attached hydrogens (tertiary/aromatic N) is 4. The van der Waals surface area contributed by atoms with Crippen LogP contribution in [0.2, 0.25) is 0 Å². The standard InChI is InChI=1S/C20H28N4O2/c1-15-5-7-17(8-6-15)20(3,4)10-9-18(25)23-11-13-24(14-12-23)19-22-21-16(2)26-19/h5-8H,9-14H2,1-4H3. The van der Waals surface area contributed by atoms with E-state index in [2.05, 4.69) is 55.2 Å². The highest BCUT2D eigenvalue weighted by Crippen LogP contribution is 2.29. The number of hydrogen-bond acceptors (Lipinski definition) is 5. The molecule has 1 fully saturated rings. The van der Waals surface area contributed by atoms with Gasteiger partial charge in [0.25, 0.3) is 0 Å². The zero-order valence-electron chi connectivity index (χ0n) is 16.2. The Balaban J connectivity index is 1.50. The van der Waals surface area contributed by atoms with Gasteiger partial charge in [0.2, 0.25) is 11.8 Å². The van der Waals surface area contributed by atoms with Crippen molar-refractivity contribution in [2.45, 2.75) is 46.0 Å². The summed E-state index contributed by atoms with van der Waals surface area (Å²) in [6, 6.07) is 9.17. The Morgan fingerprint density at radius 1 is 1.08 bits per heavy atom. The van der Waals surface area contributed by atoms with Crippen LogP contribution in [0.1, 0.15) is 43.7 Å². The molecule has 1 aromatic heterocycles. The normalized spacial score (nSPS) is 15.4. The Kier molecular flexibility index (Phi) is 5.30. The van der Waals surface area contributed by atoms with Gasteiger partial charge in [-0.25, -0.2) is 0 Å². The fourth-order valence-electron chi connectivity index (χ4n) is 3.29. The maximum atomic E-state index is 12.6. The van der Waals surface area contributed by atoms with Gasteiger partial charge in [-0.2, -0.15) is 0 Å². The van der Waals surface area contributed by atoms with Crippen LogP contribution in [0.25, 0.3) is 0 Å². The fourth-order valence-corrected chi connectivity index (χ4v) is 3.29. The van der Waals surface area contributed by atoms with E-state index in [1.807, 2.05) is 9.80 Å². The summed E-state index contributed by atoms with van der Waals surface area (Å²) in [6.45, 7) is 11.2. The van der Waals surface area contributed by atoms with E-state index in [1.54, 1.807) is 6.92 Å². The topological polar surface area (TPSA) is 62.5 Å². The highest BCUT2D eigenvalue weighted by Gasteiger charge is 2.26. The first-order chi connectivity index (χ1) is 12.3. The molecule has 1 aliphatic heterocycles. The number of rotatable bonds is 5. The highest BCUT2D eigenvalue weighted by atomic mass is 16.4.